The fourth-order valence-corrected chi connectivity index (χ4v) is 4.86. The third-order valence-corrected chi connectivity index (χ3v) is 6.84. The molecule has 1 aliphatic heterocycles. The summed E-state index contributed by atoms with van der Waals surface area (Å²) in [5.41, 5.74) is 3.16. The zero-order valence-electron chi connectivity index (χ0n) is 19.5. The molecular weight excluding hydrogens is 481 g/mol. The van der Waals surface area contributed by atoms with E-state index in [0.717, 1.165) is 36.9 Å². The van der Waals surface area contributed by atoms with Gasteiger partial charge in [-0.15, -0.1) is 0 Å². The largest absolute Gasteiger partial charge is 0.352 e. The van der Waals surface area contributed by atoms with Crippen LogP contribution in [-0.4, -0.2) is 36.3 Å². The van der Waals surface area contributed by atoms with E-state index in [1.54, 1.807) is 24.3 Å². The number of nitrogens with zero attached hydrogens (tertiary/aromatic N) is 1. The number of likely N-dealkylation sites (tertiary alicyclic amines) is 1. The molecule has 0 spiro atoms. The summed E-state index contributed by atoms with van der Waals surface area (Å²) in [6.07, 6.45) is 2.48. The van der Waals surface area contributed by atoms with Gasteiger partial charge in [0.05, 0.1) is 17.2 Å². The summed E-state index contributed by atoms with van der Waals surface area (Å²) in [6, 6.07) is 22.7. The smallest absolute Gasteiger partial charge is 0.253 e. The highest BCUT2D eigenvalue weighted by molar-refractivity contribution is 6.35. The molecule has 1 fully saturated rings. The van der Waals surface area contributed by atoms with Crippen LogP contribution in [0.3, 0.4) is 0 Å². The second-order valence-electron chi connectivity index (χ2n) is 8.84. The fourth-order valence-electron chi connectivity index (χ4n) is 4.39. The molecule has 0 aromatic heterocycles. The Morgan fingerprint density at radius 1 is 0.971 bits per heavy atom. The molecule has 1 heterocycles. The molecule has 3 aromatic rings. The first-order chi connectivity index (χ1) is 17.0. The van der Waals surface area contributed by atoms with Gasteiger partial charge < -0.3 is 10.6 Å². The van der Waals surface area contributed by atoms with Crippen LogP contribution >= 0.6 is 23.2 Å². The number of carbonyl (C=O) groups excluding carboxylic acids is 2. The van der Waals surface area contributed by atoms with E-state index in [1.165, 1.54) is 0 Å². The van der Waals surface area contributed by atoms with Gasteiger partial charge in [0.2, 0.25) is 5.91 Å². The molecule has 1 atom stereocenters. The van der Waals surface area contributed by atoms with Crippen LogP contribution in [0.4, 0.5) is 5.69 Å². The molecule has 0 bridgehead atoms. The maximum Gasteiger partial charge on any atom is 0.253 e. The Labute approximate surface area is 216 Å². The lowest BCUT2D eigenvalue weighted by molar-refractivity contribution is -0.121. The van der Waals surface area contributed by atoms with Gasteiger partial charge in [0.15, 0.2) is 0 Å². The fraction of sp³-hybridized carbons (Fsp3) is 0.286. The minimum atomic E-state index is -0.195. The predicted molar refractivity (Wildman–Crippen MR) is 142 cm³/mol. The Morgan fingerprint density at radius 3 is 2.54 bits per heavy atom. The Hall–Kier alpha value is -2.86. The molecule has 1 saturated heterocycles. The van der Waals surface area contributed by atoms with Gasteiger partial charge in [0.25, 0.3) is 5.91 Å². The first kappa shape index (κ1) is 25.2. The van der Waals surface area contributed by atoms with Gasteiger partial charge in [-0.05, 0) is 61.2 Å². The van der Waals surface area contributed by atoms with Crippen LogP contribution < -0.4 is 10.6 Å². The number of anilines is 1. The van der Waals surface area contributed by atoms with E-state index in [-0.39, 0.29) is 17.7 Å². The van der Waals surface area contributed by atoms with E-state index in [0.29, 0.717) is 40.9 Å². The third kappa shape index (κ3) is 7.07. The van der Waals surface area contributed by atoms with Crippen molar-refractivity contribution < 1.29 is 9.59 Å². The van der Waals surface area contributed by atoms with Crippen molar-refractivity contribution in [3.63, 3.8) is 0 Å². The monoisotopic (exact) mass is 509 g/mol. The van der Waals surface area contributed by atoms with Gasteiger partial charge in [0.1, 0.15) is 0 Å². The minimum Gasteiger partial charge on any atom is -0.352 e. The molecular formula is C28H29Cl2N3O2. The van der Waals surface area contributed by atoms with Gasteiger partial charge in [-0.1, -0.05) is 71.7 Å². The average Bonchev–Trinajstić information content (AvgIpc) is 2.87. The summed E-state index contributed by atoms with van der Waals surface area (Å²) in [7, 11) is 0. The van der Waals surface area contributed by atoms with Crippen LogP contribution in [0.1, 0.15) is 34.3 Å². The summed E-state index contributed by atoms with van der Waals surface area (Å²) in [5.74, 6) is -0.426. The van der Waals surface area contributed by atoms with E-state index >= 15 is 0 Å². The van der Waals surface area contributed by atoms with Crippen LogP contribution in [0, 0.1) is 5.92 Å². The quantitative estimate of drug-likeness (QED) is 0.402. The highest BCUT2D eigenvalue weighted by atomic mass is 35.5. The summed E-state index contributed by atoms with van der Waals surface area (Å²) >= 11 is 12.4. The maximum atomic E-state index is 13.1. The third-order valence-electron chi connectivity index (χ3n) is 6.26. The minimum absolute atomic E-state index is 0.0681. The number of piperidine rings is 1. The number of halogens is 2. The summed E-state index contributed by atoms with van der Waals surface area (Å²) in [5, 5.41) is 7.21. The summed E-state index contributed by atoms with van der Waals surface area (Å²) in [6.45, 7) is 2.73. The predicted octanol–water partition coefficient (Wildman–Crippen LogP) is 5.82. The molecule has 4 rings (SSSR count). The first-order valence-electron chi connectivity index (χ1n) is 11.9. The zero-order valence-corrected chi connectivity index (χ0v) is 21.0. The van der Waals surface area contributed by atoms with E-state index in [9.17, 15) is 9.59 Å². The molecule has 0 radical (unpaired) electrons. The standard InChI is InChI=1S/C28H29Cl2N3O2/c29-23-13-12-21(25(30)17-23)18-33-16-6-9-22(19-33)27(34)32-26-11-5-4-10-24(26)28(35)31-15-14-20-7-2-1-3-8-20/h1-5,7-8,10-13,17,22H,6,9,14-16,18-19H2,(H,31,35)(H,32,34). The summed E-state index contributed by atoms with van der Waals surface area (Å²) < 4.78 is 0. The van der Waals surface area contributed by atoms with E-state index in [4.69, 9.17) is 23.2 Å². The SMILES string of the molecule is O=C(NCCc1ccccc1)c1ccccc1NC(=O)C1CCCN(Cc2ccc(Cl)cc2Cl)C1. The number of rotatable bonds is 8. The van der Waals surface area contributed by atoms with E-state index in [1.807, 2.05) is 48.5 Å². The van der Waals surface area contributed by atoms with Gasteiger partial charge in [0, 0.05) is 29.7 Å². The van der Waals surface area contributed by atoms with Crippen molar-refractivity contribution in [1.29, 1.82) is 0 Å². The molecule has 5 nitrogen and oxygen atoms in total. The molecule has 35 heavy (non-hydrogen) atoms. The van der Waals surface area contributed by atoms with E-state index < -0.39 is 0 Å². The molecule has 2 amide bonds. The number of para-hydroxylation sites is 1. The van der Waals surface area contributed by atoms with Crippen molar-refractivity contribution >= 4 is 40.7 Å². The van der Waals surface area contributed by atoms with Crippen molar-refractivity contribution in [2.24, 2.45) is 5.92 Å². The van der Waals surface area contributed by atoms with E-state index in [2.05, 4.69) is 15.5 Å². The molecule has 7 heteroatoms. The van der Waals surface area contributed by atoms with Crippen molar-refractivity contribution in [1.82, 2.24) is 10.2 Å². The van der Waals surface area contributed by atoms with Gasteiger partial charge in [-0.25, -0.2) is 0 Å². The van der Waals surface area contributed by atoms with Crippen molar-refractivity contribution in [3.05, 3.63) is 99.5 Å². The van der Waals surface area contributed by atoms with Crippen LogP contribution in [0.2, 0.25) is 10.0 Å². The Morgan fingerprint density at radius 2 is 1.74 bits per heavy atom. The first-order valence-corrected chi connectivity index (χ1v) is 12.6. The lowest BCUT2D eigenvalue weighted by Gasteiger charge is -2.32. The molecule has 0 aliphatic carbocycles. The lowest BCUT2D eigenvalue weighted by atomic mass is 9.96. The zero-order chi connectivity index (χ0) is 24.6. The molecule has 1 aliphatic rings. The second-order valence-corrected chi connectivity index (χ2v) is 9.68. The highest BCUT2D eigenvalue weighted by Crippen LogP contribution is 2.26. The molecule has 3 aromatic carbocycles. The topological polar surface area (TPSA) is 61.4 Å². The molecule has 0 saturated carbocycles. The van der Waals surface area contributed by atoms with Crippen LogP contribution in [0.25, 0.3) is 0 Å². The van der Waals surface area contributed by atoms with Crippen LogP contribution in [0.15, 0.2) is 72.8 Å². The van der Waals surface area contributed by atoms with Gasteiger partial charge in [-0.3, -0.25) is 14.5 Å². The maximum absolute atomic E-state index is 13.1. The molecule has 182 valence electrons. The number of benzene rings is 3. The summed E-state index contributed by atoms with van der Waals surface area (Å²) in [4.78, 5) is 28.2. The molecule has 1 unspecified atom stereocenters. The normalized spacial score (nSPS) is 16.0. The number of amides is 2. The number of nitrogens with one attached hydrogen (secondary N) is 2. The Kier molecular flexibility index (Phi) is 8.80. The Balaban J connectivity index is 1.34. The van der Waals surface area contributed by atoms with Crippen molar-refractivity contribution in [3.8, 4) is 0 Å². The Bertz CT molecular complexity index is 1170. The molecule has 2 N–H and O–H groups in total. The number of hydrogen-bond acceptors (Lipinski definition) is 3. The van der Waals surface area contributed by atoms with Crippen LogP contribution in [0.5, 0.6) is 0 Å². The average molecular weight is 510 g/mol. The number of hydrogen-bond donors (Lipinski definition) is 2. The van der Waals surface area contributed by atoms with Crippen LogP contribution in [-0.2, 0) is 17.8 Å². The van der Waals surface area contributed by atoms with Crippen molar-refractivity contribution in [2.75, 3.05) is 25.0 Å². The van der Waals surface area contributed by atoms with Gasteiger partial charge in [-0.2, -0.15) is 0 Å². The lowest BCUT2D eigenvalue weighted by Crippen LogP contribution is -2.40. The van der Waals surface area contributed by atoms with Gasteiger partial charge >= 0.3 is 0 Å². The second kappa shape index (κ2) is 12.2. The van der Waals surface area contributed by atoms with Crippen molar-refractivity contribution in [2.45, 2.75) is 25.8 Å². The highest BCUT2D eigenvalue weighted by Gasteiger charge is 2.27. The number of carbonyl (C=O) groups is 2.